The third-order valence-electron chi connectivity index (χ3n) is 18.5. The number of carbonyl (C=O) groups is 5. The summed E-state index contributed by atoms with van der Waals surface area (Å²) in [7, 11) is 6.15. The number of hydrogen-bond donors (Lipinski definition) is 4. The van der Waals surface area contributed by atoms with Crippen LogP contribution in [0.3, 0.4) is 0 Å². The second-order valence-electron chi connectivity index (χ2n) is 22.7. The molecule has 4 aromatic rings. The largest absolute Gasteiger partial charge is 0.507 e. The average Bonchev–Trinajstić information content (AvgIpc) is 4.27. The number of anilines is 1. The average molecular weight is 1050 g/mol. The van der Waals surface area contributed by atoms with Crippen LogP contribution < -0.4 is 9.64 Å². The molecule has 10 atom stereocenters. The molecule has 3 fully saturated rings. The molecule has 5 aliphatic heterocycles. The number of ketones is 2. The van der Waals surface area contributed by atoms with Crippen molar-refractivity contribution in [3.8, 4) is 5.75 Å². The van der Waals surface area contributed by atoms with Gasteiger partial charge in [0.1, 0.15) is 16.9 Å². The molecule has 7 aliphatic rings. The number of hydrogen-bond acceptors (Lipinski definition) is 15. The van der Waals surface area contributed by atoms with E-state index in [1.807, 2.05) is 70.0 Å². The number of esters is 3. The van der Waals surface area contributed by atoms with E-state index in [1.54, 1.807) is 31.4 Å². The predicted octanol–water partition coefficient (Wildman–Crippen LogP) is 7.07. The predicted molar refractivity (Wildman–Crippen MR) is 290 cm³/mol. The Morgan fingerprint density at radius 2 is 1.57 bits per heavy atom. The second-order valence-corrected chi connectivity index (χ2v) is 22.7. The number of allylic oxidation sites excluding steroid dienone is 3. The minimum atomic E-state index is -2.30. The van der Waals surface area contributed by atoms with E-state index in [-0.39, 0.29) is 35.3 Å². The number of likely N-dealkylation sites (N-methyl/N-ethyl adjacent to an activating group) is 1. The zero-order valence-corrected chi connectivity index (χ0v) is 45.7. The molecule has 2 saturated heterocycles. The first kappa shape index (κ1) is 53.8. The number of nitrogens with zero attached hydrogens (tertiary/aromatic N) is 3. The first-order valence-corrected chi connectivity index (χ1v) is 27.0. The van der Waals surface area contributed by atoms with E-state index in [2.05, 4.69) is 39.1 Å². The van der Waals surface area contributed by atoms with Crippen LogP contribution in [0.5, 0.6) is 5.75 Å². The lowest BCUT2D eigenvalue weighted by Gasteiger charge is -2.63. The van der Waals surface area contributed by atoms with Gasteiger partial charge in [-0.3, -0.25) is 29.0 Å². The van der Waals surface area contributed by atoms with E-state index in [1.165, 1.54) is 21.1 Å². The Kier molecular flexibility index (Phi) is 13.8. The lowest BCUT2D eigenvalue weighted by Crippen LogP contribution is -2.81. The van der Waals surface area contributed by atoms with Crippen LogP contribution in [0.25, 0.3) is 16.7 Å². The van der Waals surface area contributed by atoms with E-state index in [9.17, 15) is 34.5 Å². The highest BCUT2D eigenvalue weighted by atomic mass is 16.6. The highest BCUT2D eigenvalue weighted by Crippen LogP contribution is 2.68. The van der Waals surface area contributed by atoms with Crippen molar-refractivity contribution in [1.29, 1.82) is 0 Å². The minimum Gasteiger partial charge on any atom is -0.507 e. The van der Waals surface area contributed by atoms with Gasteiger partial charge in [-0.05, 0) is 94.5 Å². The van der Waals surface area contributed by atoms with Crippen LogP contribution in [-0.4, -0.2) is 150 Å². The number of carbonyl (C=O) groups excluding carboxylic acids is 5. The summed E-state index contributed by atoms with van der Waals surface area (Å²) >= 11 is 0. The number of aromatic amines is 1. The maximum atomic E-state index is 15.3. The van der Waals surface area contributed by atoms with Gasteiger partial charge >= 0.3 is 17.9 Å². The molecule has 1 aromatic heterocycles. The van der Waals surface area contributed by atoms with Gasteiger partial charge in [0.25, 0.3) is 0 Å². The molecule has 2 bridgehead atoms. The summed E-state index contributed by atoms with van der Waals surface area (Å²) in [6.07, 6.45) is 8.05. The zero-order chi connectivity index (χ0) is 55.1. The highest BCUT2D eigenvalue weighted by Gasteiger charge is 2.80. The molecule has 2 aliphatic carbocycles. The molecule has 1 saturated carbocycles. The fraction of sp³-hybridized carbons (Fsp3) is 0.492. The smallest absolute Gasteiger partial charge is 0.344 e. The Morgan fingerprint density at radius 1 is 0.857 bits per heavy atom. The molecule has 408 valence electrons. The lowest BCUT2D eigenvalue weighted by atomic mass is 9.47. The molecule has 0 amide bonds. The van der Waals surface area contributed by atoms with Crippen molar-refractivity contribution >= 4 is 51.8 Å². The number of fused-ring (bicyclic) bond motifs is 7. The van der Waals surface area contributed by atoms with Crippen molar-refractivity contribution < 1.29 is 58.2 Å². The standard InChI is InChI=1S/C46H58N4O9.C15H14O3/c1-8-42(54)23-28-24-45(40(52)57-6,36-30(15-19-49(25-28)26-42)29-13-10-11-14-33(29)47-36)32-21-31-34(22-35(32)56-5)48(4)38-44(31)17-20-50-18-12-16-43(9-2,37(44)50)39(59-27(3)51)46(38,55)41(53)58-7;1-9(2)7-8-12-13(16)10-5-3-4-6-11(10)14(17)15(12)18/h10-14,16,21-22,28,37-39,47,54-55H,8-9,15,17-20,23-26H2,1-7H3;3-7,16H,8H2,1-2H3/t28-,37+,38-,39-,42-,43-,44-,45+,46+;/m1./s1. The third-order valence-corrected chi connectivity index (χ3v) is 18.5. The van der Waals surface area contributed by atoms with Gasteiger partial charge in [-0.2, -0.15) is 0 Å². The number of ether oxygens (including phenoxy) is 4. The molecule has 6 heterocycles. The van der Waals surface area contributed by atoms with E-state index < -0.39 is 69.1 Å². The molecular weight excluding hydrogens is 981 g/mol. The number of nitrogens with one attached hydrogen (secondary N) is 1. The highest BCUT2D eigenvalue weighted by molar-refractivity contribution is 6.52. The van der Waals surface area contributed by atoms with Gasteiger partial charge in [-0.15, -0.1) is 0 Å². The van der Waals surface area contributed by atoms with Gasteiger partial charge in [-0.25, -0.2) is 4.79 Å². The first-order chi connectivity index (χ1) is 36.7. The van der Waals surface area contributed by atoms with Crippen molar-refractivity contribution in [3.63, 3.8) is 0 Å². The van der Waals surface area contributed by atoms with Crippen LogP contribution in [0.4, 0.5) is 5.69 Å². The molecule has 1 spiro atoms. The molecule has 16 nitrogen and oxygen atoms in total. The van der Waals surface area contributed by atoms with Crippen molar-refractivity contribution in [2.75, 3.05) is 66.0 Å². The maximum absolute atomic E-state index is 15.3. The van der Waals surface area contributed by atoms with Crippen molar-refractivity contribution in [2.45, 2.75) is 120 Å². The van der Waals surface area contributed by atoms with Gasteiger partial charge in [-0.1, -0.05) is 80.1 Å². The van der Waals surface area contributed by atoms with E-state index in [0.717, 1.165) is 39.0 Å². The zero-order valence-electron chi connectivity index (χ0n) is 45.7. The Hall–Kier alpha value is -6.59. The fourth-order valence-corrected chi connectivity index (χ4v) is 15.4. The summed E-state index contributed by atoms with van der Waals surface area (Å²) < 4.78 is 23.9. The number of rotatable bonds is 9. The summed E-state index contributed by atoms with van der Waals surface area (Å²) in [5.74, 6) is -2.79. The molecule has 1 unspecified atom stereocenters. The van der Waals surface area contributed by atoms with Crippen LogP contribution in [0.1, 0.15) is 111 Å². The number of methoxy groups -OCH3 is 3. The van der Waals surface area contributed by atoms with Crippen molar-refractivity contribution in [1.82, 2.24) is 14.8 Å². The van der Waals surface area contributed by atoms with Crippen LogP contribution in [0.2, 0.25) is 0 Å². The first-order valence-electron chi connectivity index (χ1n) is 27.0. The van der Waals surface area contributed by atoms with Gasteiger partial charge in [0.05, 0.1) is 33.0 Å². The number of para-hydroxylation sites is 1. The number of aliphatic hydroxyl groups is 3. The molecule has 0 radical (unpaired) electrons. The monoisotopic (exact) mass is 1050 g/mol. The van der Waals surface area contributed by atoms with Gasteiger partial charge in [0, 0.05) is 108 Å². The molecular formula is C61H72N4O12. The minimum absolute atomic E-state index is 0.0762. The number of benzene rings is 3. The SMILES string of the molecule is CC(C)=CCC1=C(O)c2ccccc2C(=O)C1=O.CC[C@@]1(O)C[C@H]2CN(CCc3c([nH]c4ccccc34)[C@@](C(=O)OC)(c3cc4c(cc3OC)N(C)[C@H]3[C@@](O)(C(=O)OC)[C@H](OC(C)=O)[C@]5(CC)C=CCN6CC[C@]43[C@@H]65)C2)C1. The number of H-pyrrole nitrogens is 1. The van der Waals surface area contributed by atoms with Crippen LogP contribution in [0, 0.1) is 11.3 Å². The summed E-state index contributed by atoms with van der Waals surface area (Å²) in [5, 5.41) is 36.4. The lowest BCUT2D eigenvalue weighted by molar-refractivity contribution is -0.228. The number of aliphatic hydroxyl groups excluding tert-OH is 1. The third kappa shape index (κ3) is 7.93. The van der Waals surface area contributed by atoms with Gasteiger partial charge in [0.15, 0.2) is 6.10 Å². The summed E-state index contributed by atoms with van der Waals surface area (Å²) in [6, 6.07) is 17.6. The van der Waals surface area contributed by atoms with E-state index in [0.29, 0.717) is 88.1 Å². The molecule has 3 aromatic carbocycles. The van der Waals surface area contributed by atoms with Crippen LogP contribution in [-0.2, 0) is 50.6 Å². The number of Topliss-reactive ketones (excluding diaryl/α,β-unsaturated/α-hetero) is 2. The quantitative estimate of drug-likeness (QED) is 0.0572. The number of piperidine rings is 1. The Labute approximate surface area is 449 Å². The molecule has 4 N–H and O–H groups in total. The van der Waals surface area contributed by atoms with Crippen molar-refractivity contribution in [2.24, 2.45) is 11.3 Å². The second kappa shape index (κ2) is 19.7. The Balaban J connectivity index is 0.000000316. The van der Waals surface area contributed by atoms with Gasteiger partial charge in [0.2, 0.25) is 17.2 Å². The van der Waals surface area contributed by atoms with E-state index >= 15 is 4.79 Å². The Bertz CT molecular complexity index is 3190. The van der Waals surface area contributed by atoms with Crippen molar-refractivity contribution in [3.05, 3.63) is 124 Å². The topological polar surface area (TPSA) is 208 Å². The van der Waals surface area contributed by atoms with E-state index in [4.69, 9.17) is 18.9 Å². The number of aromatic nitrogens is 1. The normalized spacial score (nSPS) is 31.7. The fourth-order valence-electron chi connectivity index (χ4n) is 15.4. The molecule has 11 rings (SSSR count). The summed E-state index contributed by atoms with van der Waals surface area (Å²) in [5.41, 5.74) is 0.315. The molecule has 77 heavy (non-hydrogen) atoms. The van der Waals surface area contributed by atoms with Crippen LogP contribution in [0.15, 0.2) is 90.0 Å². The van der Waals surface area contributed by atoms with Gasteiger partial charge < -0.3 is 44.2 Å². The summed E-state index contributed by atoms with van der Waals surface area (Å²) in [4.78, 5) is 77.0. The van der Waals surface area contributed by atoms with Crippen LogP contribution >= 0.6 is 0 Å². The maximum Gasteiger partial charge on any atom is 0.344 e. The Morgan fingerprint density at radius 3 is 2.25 bits per heavy atom. The molecule has 16 heteroatoms. The summed E-state index contributed by atoms with van der Waals surface area (Å²) in [6.45, 7) is 12.4.